The highest BCUT2D eigenvalue weighted by Crippen LogP contribution is 2.26. The van der Waals surface area contributed by atoms with Gasteiger partial charge in [-0.25, -0.2) is 0 Å². The summed E-state index contributed by atoms with van der Waals surface area (Å²) in [5.74, 6) is 1.18. The number of benzene rings is 1. The third kappa shape index (κ3) is 2.93. The van der Waals surface area contributed by atoms with Crippen LogP contribution in [0.1, 0.15) is 17.0 Å². The number of ether oxygens (including phenoxy) is 2. The van der Waals surface area contributed by atoms with E-state index in [1.165, 1.54) is 7.11 Å². The number of methoxy groups -OCH3 is 1. The summed E-state index contributed by atoms with van der Waals surface area (Å²) < 4.78 is 15.4. The van der Waals surface area contributed by atoms with E-state index in [9.17, 15) is 4.79 Å². The summed E-state index contributed by atoms with van der Waals surface area (Å²) in [5.41, 5.74) is 1.47. The van der Waals surface area contributed by atoms with E-state index in [0.717, 1.165) is 5.56 Å². The third-order valence-electron chi connectivity index (χ3n) is 2.80. The van der Waals surface area contributed by atoms with Crippen molar-refractivity contribution in [2.75, 3.05) is 7.11 Å². The minimum atomic E-state index is -0.376. The Kier molecular flexibility index (Phi) is 3.85. The standard InChI is InChI=1S/C14H15NO4/c1-9-11(10(2)19-15-9)8-14(16)18-13-7-5-4-6-12(13)17-3/h4-7H,8H2,1-3H3. The fourth-order valence-electron chi connectivity index (χ4n) is 1.76. The number of rotatable bonds is 4. The minimum Gasteiger partial charge on any atom is -0.493 e. The smallest absolute Gasteiger partial charge is 0.315 e. The highest BCUT2D eigenvalue weighted by molar-refractivity contribution is 5.76. The number of esters is 1. The average molecular weight is 261 g/mol. The van der Waals surface area contributed by atoms with Crippen molar-refractivity contribution in [2.24, 2.45) is 0 Å². The van der Waals surface area contributed by atoms with Gasteiger partial charge in [0.1, 0.15) is 5.76 Å². The molecule has 1 aromatic carbocycles. The quantitative estimate of drug-likeness (QED) is 0.625. The summed E-state index contributed by atoms with van der Waals surface area (Å²) in [6.07, 6.45) is 0.124. The first-order valence-electron chi connectivity index (χ1n) is 5.87. The van der Waals surface area contributed by atoms with Crippen LogP contribution in [0, 0.1) is 13.8 Å². The fourth-order valence-corrected chi connectivity index (χ4v) is 1.76. The van der Waals surface area contributed by atoms with Crippen LogP contribution in [-0.2, 0) is 11.2 Å². The monoisotopic (exact) mass is 261 g/mol. The minimum absolute atomic E-state index is 0.124. The van der Waals surface area contributed by atoms with Gasteiger partial charge in [-0.05, 0) is 26.0 Å². The lowest BCUT2D eigenvalue weighted by Gasteiger charge is -2.08. The summed E-state index contributed by atoms with van der Waals surface area (Å²) in [5, 5.41) is 3.80. The van der Waals surface area contributed by atoms with Gasteiger partial charge in [0.25, 0.3) is 0 Å². The van der Waals surface area contributed by atoms with E-state index in [0.29, 0.717) is 23.0 Å². The van der Waals surface area contributed by atoms with E-state index in [2.05, 4.69) is 5.16 Å². The number of hydrogen-bond acceptors (Lipinski definition) is 5. The zero-order chi connectivity index (χ0) is 13.8. The first-order chi connectivity index (χ1) is 9.11. The molecule has 2 aromatic rings. The van der Waals surface area contributed by atoms with E-state index in [4.69, 9.17) is 14.0 Å². The molecule has 0 amide bonds. The Bertz CT molecular complexity index is 569. The summed E-state index contributed by atoms with van der Waals surface area (Å²) >= 11 is 0. The number of para-hydroxylation sites is 2. The van der Waals surface area contributed by atoms with Crippen LogP contribution in [0.25, 0.3) is 0 Å². The Morgan fingerprint density at radius 1 is 1.26 bits per heavy atom. The van der Waals surface area contributed by atoms with Crippen molar-refractivity contribution in [2.45, 2.75) is 20.3 Å². The number of aryl methyl sites for hydroxylation is 2. The van der Waals surface area contributed by atoms with Crippen LogP contribution < -0.4 is 9.47 Å². The molecular formula is C14H15NO4. The van der Waals surface area contributed by atoms with Gasteiger partial charge in [-0.15, -0.1) is 0 Å². The van der Waals surface area contributed by atoms with Gasteiger partial charge in [-0.3, -0.25) is 4.79 Å². The van der Waals surface area contributed by atoms with E-state index >= 15 is 0 Å². The molecule has 1 aromatic heterocycles. The summed E-state index contributed by atoms with van der Waals surface area (Å²) in [6.45, 7) is 3.56. The molecule has 0 unspecified atom stereocenters. The predicted molar refractivity (Wildman–Crippen MR) is 68.3 cm³/mol. The van der Waals surface area contributed by atoms with Crippen LogP contribution in [0.4, 0.5) is 0 Å². The van der Waals surface area contributed by atoms with Gasteiger partial charge in [0.2, 0.25) is 0 Å². The molecule has 0 aliphatic rings. The first-order valence-corrected chi connectivity index (χ1v) is 5.87. The molecule has 5 nitrogen and oxygen atoms in total. The van der Waals surface area contributed by atoms with Crippen LogP contribution in [0.2, 0.25) is 0 Å². The highest BCUT2D eigenvalue weighted by Gasteiger charge is 2.16. The van der Waals surface area contributed by atoms with Crippen LogP contribution >= 0.6 is 0 Å². The Morgan fingerprint density at radius 2 is 1.95 bits per heavy atom. The predicted octanol–water partition coefficient (Wildman–Crippen LogP) is 2.45. The molecule has 0 aliphatic carbocycles. The third-order valence-corrected chi connectivity index (χ3v) is 2.80. The summed E-state index contributed by atoms with van der Waals surface area (Å²) in [4.78, 5) is 11.9. The molecule has 2 rings (SSSR count). The van der Waals surface area contributed by atoms with Crippen molar-refractivity contribution >= 4 is 5.97 Å². The number of aromatic nitrogens is 1. The average Bonchev–Trinajstić information content (AvgIpc) is 2.71. The maximum atomic E-state index is 11.9. The van der Waals surface area contributed by atoms with E-state index in [-0.39, 0.29) is 12.4 Å². The van der Waals surface area contributed by atoms with Gasteiger partial charge in [0.05, 0.1) is 19.2 Å². The number of hydrogen-bond donors (Lipinski definition) is 0. The molecule has 0 atom stereocenters. The molecule has 0 fully saturated rings. The Morgan fingerprint density at radius 3 is 2.53 bits per heavy atom. The second kappa shape index (κ2) is 5.56. The van der Waals surface area contributed by atoms with Crippen molar-refractivity contribution in [1.29, 1.82) is 0 Å². The zero-order valence-electron chi connectivity index (χ0n) is 11.1. The second-order valence-corrected chi connectivity index (χ2v) is 4.10. The van der Waals surface area contributed by atoms with Crippen molar-refractivity contribution < 1.29 is 18.8 Å². The van der Waals surface area contributed by atoms with Crippen molar-refractivity contribution in [3.8, 4) is 11.5 Å². The molecule has 19 heavy (non-hydrogen) atoms. The van der Waals surface area contributed by atoms with Gasteiger partial charge >= 0.3 is 5.97 Å². The molecule has 0 saturated carbocycles. The van der Waals surface area contributed by atoms with E-state index in [1.54, 1.807) is 32.0 Å². The number of nitrogens with zero attached hydrogens (tertiary/aromatic N) is 1. The van der Waals surface area contributed by atoms with Gasteiger partial charge in [-0.2, -0.15) is 0 Å². The molecule has 0 radical (unpaired) electrons. The summed E-state index contributed by atoms with van der Waals surface area (Å²) in [6, 6.07) is 7.01. The van der Waals surface area contributed by atoms with Gasteiger partial charge < -0.3 is 14.0 Å². The summed E-state index contributed by atoms with van der Waals surface area (Å²) in [7, 11) is 1.53. The molecule has 0 bridgehead atoms. The van der Waals surface area contributed by atoms with Crippen molar-refractivity contribution in [3.05, 3.63) is 41.3 Å². The molecule has 0 aliphatic heterocycles. The lowest BCUT2D eigenvalue weighted by atomic mass is 10.1. The highest BCUT2D eigenvalue weighted by atomic mass is 16.6. The lowest BCUT2D eigenvalue weighted by molar-refractivity contribution is -0.133. The SMILES string of the molecule is COc1ccccc1OC(=O)Cc1c(C)noc1C. The fraction of sp³-hybridized carbons (Fsp3) is 0.286. The Hall–Kier alpha value is -2.30. The molecule has 5 heteroatoms. The van der Waals surface area contributed by atoms with Gasteiger partial charge in [-0.1, -0.05) is 17.3 Å². The number of carbonyl (C=O) groups excluding carboxylic acids is 1. The van der Waals surface area contributed by atoms with E-state index in [1.807, 2.05) is 6.07 Å². The largest absolute Gasteiger partial charge is 0.493 e. The molecule has 0 saturated heterocycles. The lowest BCUT2D eigenvalue weighted by Crippen LogP contribution is -2.12. The van der Waals surface area contributed by atoms with Crippen LogP contribution in [0.3, 0.4) is 0 Å². The maximum Gasteiger partial charge on any atom is 0.315 e. The number of carbonyl (C=O) groups is 1. The first kappa shape index (κ1) is 13.1. The molecule has 0 spiro atoms. The Balaban J connectivity index is 2.10. The molecule has 1 heterocycles. The van der Waals surface area contributed by atoms with Crippen LogP contribution in [0.15, 0.2) is 28.8 Å². The van der Waals surface area contributed by atoms with Crippen LogP contribution in [0.5, 0.6) is 11.5 Å². The van der Waals surface area contributed by atoms with E-state index < -0.39 is 0 Å². The van der Waals surface area contributed by atoms with Gasteiger partial charge in [0, 0.05) is 5.56 Å². The molecule has 0 N–H and O–H groups in total. The maximum absolute atomic E-state index is 11.9. The molecule has 100 valence electrons. The normalized spacial score (nSPS) is 10.3. The van der Waals surface area contributed by atoms with Crippen LogP contribution in [-0.4, -0.2) is 18.2 Å². The zero-order valence-corrected chi connectivity index (χ0v) is 11.1. The Labute approximate surface area is 111 Å². The molecular weight excluding hydrogens is 246 g/mol. The second-order valence-electron chi connectivity index (χ2n) is 4.10. The van der Waals surface area contributed by atoms with Gasteiger partial charge in [0.15, 0.2) is 11.5 Å². The van der Waals surface area contributed by atoms with Crippen molar-refractivity contribution in [3.63, 3.8) is 0 Å². The topological polar surface area (TPSA) is 61.6 Å². The van der Waals surface area contributed by atoms with Crippen molar-refractivity contribution in [1.82, 2.24) is 5.16 Å².